The van der Waals surface area contributed by atoms with Crippen molar-refractivity contribution in [1.82, 2.24) is 9.29 Å². The number of fused-ring (bicyclic) bond motifs is 1. The number of rotatable bonds is 8. The third kappa shape index (κ3) is 5.35. The number of carbonyl (C=O) groups excluding carboxylic acids is 2. The van der Waals surface area contributed by atoms with Crippen molar-refractivity contribution in [3.05, 3.63) is 70.0 Å². The second-order valence-electron chi connectivity index (χ2n) is 7.75. The highest BCUT2D eigenvalue weighted by atomic mass is 32.2. The maximum absolute atomic E-state index is 12.9. The maximum atomic E-state index is 12.9. The molecule has 1 aromatic heterocycles. The fourth-order valence-electron chi connectivity index (χ4n) is 3.52. The van der Waals surface area contributed by atoms with Crippen LogP contribution in [0.25, 0.3) is 10.9 Å². The molecule has 34 heavy (non-hydrogen) atoms. The Kier molecular flexibility index (Phi) is 7.53. The van der Waals surface area contributed by atoms with Gasteiger partial charge in [-0.05, 0) is 49.7 Å². The summed E-state index contributed by atoms with van der Waals surface area (Å²) in [7, 11) is -3.79. The molecule has 0 aliphatic rings. The van der Waals surface area contributed by atoms with Crippen LogP contribution < -0.4 is 10.9 Å². The number of aryl methyl sites for hydroxylation is 1. The van der Waals surface area contributed by atoms with Gasteiger partial charge in [0.2, 0.25) is 15.6 Å². The number of sulfonamides is 1. The Bertz CT molecular complexity index is 1390. The third-order valence-electron chi connectivity index (χ3n) is 5.32. The van der Waals surface area contributed by atoms with Crippen molar-refractivity contribution < 1.29 is 22.7 Å². The predicted octanol–water partition coefficient (Wildman–Crippen LogP) is 3.05. The second kappa shape index (κ2) is 10.2. The molecule has 1 amide bonds. The van der Waals surface area contributed by atoms with Gasteiger partial charge in [-0.2, -0.15) is 4.31 Å². The maximum Gasteiger partial charge on any atom is 0.339 e. The molecule has 0 bridgehead atoms. The average molecular weight is 486 g/mol. The molecule has 2 N–H and O–H groups in total. The second-order valence-corrected chi connectivity index (χ2v) is 9.69. The summed E-state index contributed by atoms with van der Waals surface area (Å²) in [5, 5.41) is 2.87. The van der Waals surface area contributed by atoms with Crippen molar-refractivity contribution >= 4 is 38.5 Å². The quantitative estimate of drug-likeness (QED) is 0.473. The van der Waals surface area contributed by atoms with E-state index in [9.17, 15) is 22.8 Å². The number of H-pyrrole nitrogens is 1. The number of nitrogens with one attached hydrogen (secondary N) is 2. The number of benzene rings is 2. The zero-order valence-corrected chi connectivity index (χ0v) is 20.2. The van der Waals surface area contributed by atoms with Gasteiger partial charge >= 0.3 is 5.97 Å². The van der Waals surface area contributed by atoms with E-state index in [0.29, 0.717) is 5.69 Å². The summed E-state index contributed by atoms with van der Waals surface area (Å²) in [5.74, 6) is -1.46. The van der Waals surface area contributed by atoms with Crippen LogP contribution in [0.2, 0.25) is 0 Å². The van der Waals surface area contributed by atoms with Crippen LogP contribution in [0.3, 0.4) is 0 Å². The van der Waals surface area contributed by atoms with E-state index < -0.39 is 33.6 Å². The lowest BCUT2D eigenvalue weighted by molar-refractivity contribution is -0.123. The number of anilines is 1. The van der Waals surface area contributed by atoms with Crippen molar-refractivity contribution in [3.63, 3.8) is 0 Å². The number of carbonyl (C=O) groups is 2. The molecule has 0 fully saturated rings. The molecule has 3 rings (SSSR count). The fourth-order valence-corrected chi connectivity index (χ4v) is 5.00. The van der Waals surface area contributed by atoms with E-state index in [-0.39, 0.29) is 34.5 Å². The Balaban J connectivity index is 1.92. The molecule has 180 valence electrons. The fraction of sp³-hybridized carbons (Fsp3) is 0.292. The Morgan fingerprint density at radius 1 is 1.09 bits per heavy atom. The SMILES string of the molecule is CCN(CC)S(=O)(=O)c1ccc2[nH]c(=O)cc(C(=O)OC(C)C(=O)Nc3cccc(C)c3)c2c1. The van der Waals surface area contributed by atoms with Crippen LogP contribution in [0.15, 0.2) is 58.2 Å². The van der Waals surface area contributed by atoms with Crippen molar-refractivity contribution in [3.8, 4) is 0 Å². The molecule has 3 aromatic rings. The summed E-state index contributed by atoms with van der Waals surface area (Å²) in [5.41, 5.74) is 1.09. The van der Waals surface area contributed by atoms with E-state index in [0.717, 1.165) is 11.6 Å². The first-order valence-corrected chi connectivity index (χ1v) is 12.3. The van der Waals surface area contributed by atoms with Gasteiger partial charge in [0.15, 0.2) is 6.10 Å². The van der Waals surface area contributed by atoms with Gasteiger partial charge < -0.3 is 15.0 Å². The first-order chi connectivity index (χ1) is 16.1. The summed E-state index contributed by atoms with van der Waals surface area (Å²) >= 11 is 0. The monoisotopic (exact) mass is 485 g/mol. The van der Waals surface area contributed by atoms with Crippen LogP contribution >= 0.6 is 0 Å². The summed E-state index contributed by atoms with van der Waals surface area (Å²) < 4.78 is 32.5. The van der Waals surface area contributed by atoms with Crippen molar-refractivity contribution in [2.45, 2.75) is 38.7 Å². The number of hydrogen-bond acceptors (Lipinski definition) is 6. The molecular formula is C24H27N3O6S. The molecule has 9 nitrogen and oxygen atoms in total. The summed E-state index contributed by atoms with van der Waals surface area (Å²) in [6.45, 7) is 7.31. The number of aromatic amines is 1. The lowest BCUT2D eigenvalue weighted by Crippen LogP contribution is -2.31. The molecule has 1 unspecified atom stereocenters. The van der Waals surface area contributed by atoms with E-state index in [1.54, 1.807) is 32.0 Å². The summed E-state index contributed by atoms with van der Waals surface area (Å²) in [6, 6.07) is 12.3. The highest BCUT2D eigenvalue weighted by Crippen LogP contribution is 2.23. The smallest absolute Gasteiger partial charge is 0.339 e. The Morgan fingerprint density at radius 2 is 1.79 bits per heavy atom. The zero-order valence-electron chi connectivity index (χ0n) is 19.4. The Hall–Kier alpha value is -3.50. The summed E-state index contributed by atoms with van der Waals surface area (Å²) in [4.78, 5) is 40.1. The van der Waals surface area contributed by atoms with Crippen LogP contribution in [-0.2, 0) is 19.6 Å². The largest absolute Gasteiger partial charge is 0.449 e. The number of amides is 1. The van der Waals surface area contributed by atoms with Crippen molar-refractivity contribution in [2.24, 2.45) is 0 Å². The molecule has 10 heteroatoms. The number of pyridine rings is 1. The van der Waals surface area contributed by atoms with E-state index in [1.807, 2.05) is 13.0 Å². The molecule has 0 spiro atoms. The standard InChI is InChI=1S/C24H27N3O6S/c1-5-27(6-2)34(31,32)18-10-11-21-19(13-18)20(14-22(28)26-21)24(30)33-16(4)23(29)25-17-9-7-8-15(3)12-17/h7-14,16H,5-6H2,1-4H3,(H,25,29)(H,26,28). The normalized spacial score (nSPS) is 12.5. The van der Waals surface area contributed by atoms with Crippen LogP contribution in [0.4, 0.5) is 5.69 Å². The van der Waals surface area contributed by atoms with Gasteiger partial charge in [-0.1, -0.05) is 26.0 Å². The van der Waals surface area contributed by atoms with Crippen LogP contribution in [0, 0.1) is 6.92 Å². The van der Waals surface area contributed by atoms with E-state index in [2.05, 4.69) is 10.3 Å². The number of aromatic nitrogens is 1. The zero-order chi connectivity index (χ0) is 25.0. The highest BCUT2D eigenvalue weighted by Gasteiger charge is 2.25. The van der Waals surface area contributed by atoms with Gasteiger partial charge in [0, 0.05) is 35.7 Å². The van der Waals surface area contributed by atoms with Crippen LogP contribution in [0.1, 0.15) is 36.7 Å². The molecule has 0 aliphatic heterocycles. The molecule has 2 aromatic carbocycles. The van der Waals surface area contributed by atoms with Gasteiger partial charge in [0.25, 0.3) is 5.91 Å². The van der Waals surface area contributed by atoms with Gasteiger partial charge in [-0.15, -0.1) is 0 Å². The lowest BCUT2D eigenvalue weighted by Gasteiger charge is -2.19. The van der Waals surface area contributed by atoms with Gasteiger partial charge in [0.05, 0.1) is 10.5 Å². The molecule has 0 saturated carbocycles. The third-order valence-corrected chi connectivity index (χ3v) is 7.36. The van der Waals surface area contributed by atoms with Crippen LogP contribution in [-0.4, -0.2) is 48.8 Å². The molecular weight excluding hydrogens is 458 g/mol. The molecule has 1 heterocycles. The first-order valence-electron chi connectivity index (χ1n) is 10.8. The van der Waals surface area contributed by atoms with E-state index >= 15 is 0 Å². The molecule has 0 aliphatic carbocycles. The van der Waals surface area contributed by atoms with Gasteiger partial charge in [0.1, 0.15) is 0 Å². The Morgan fingerprint density at radius 3 is 2.44 bits per heavy atom. The van der Waals surface area contributed by atoms with Gasteiger partial charge in [-0.3, -0.25) is 9.59 Å². The first kappa shape index (κ1) is 25.1. The van der Waals surface area contributed by atoms with Gasteiger partial charge in [-0.25, -0.2) is 13.2 Å². The average Bonchev–Trinajstić information content (AvgIpc) is 2.78. The lowest BCUT2D eigenvalue weighted by atomic mass is 10.1. The topological polar surface area (TPSA) is 126 Å². The number of hydrogen-bond donors (Lipinski definition) is 2. The van der Waals surface area contributed by atoms with Crippen molar-refractivity contribution in [2.75, 3.05) is 18.4 Å². The number of esters is 1. The number of ether oxygens (including phenoxy) is 1. The summed E-state index contributed by atoms with van der Waals surface area (Å²) in [6.07, 6.45) is -1.16. The van der Waals surface area contributed by atoms with Crippen molar-refractivity contribution in [1.29, 1.82) is 0 Å². The minimum Gasteiger partial charge on any atom is -0.449 e. The molecule has 0 radical (unpaired) electrons. The Labute approximate surface area is 197 Å². The molecule has 1 atom stereocenters. The van der Waals surface area contributed by atoms with E-state index in [4.69, 9.17) is 4.74 Å². The minimum absolute atomic E-state index is 0.0185. The predicted molar refractivity (Wildman–Crippen MR) is 129 cm³/mol. The molecule has 0 saturated heterocycles. The highest BCUT2D eigenvalue weighted by molar-refractivity contribution is 7.89. The van der Waals surface area contributed by atoms with E-state index in [1.165, 1.54) is 29.4 Å². The van der Waals surface area contributed by atoms with Crippen LogP contribution in [0.5, 0.6) is 0 Å². The minimum atomic E-state index is -3.79. The number of nitrogens with zero attached hydrogens (tertiary/aromatic N) is 1.